The molecule has 1 aromatic heterocycles. The number of carbonyl (C=O) groups is 1. The Morgan fingerprint density at radius 1 is 1.21 bits per heavy atom. The summed E-state index contributed by atoms with van der Waals surface area (Å²) in [6, 6.07) is 12.2. The molecule has 0 atom stereocenters. The van der Waals surface area contributed by atoms with Gasteiger partial charge in [-0.3, -0.25) is 10.1 Å². The Kier molecular flexibility index (Phi) is 7.33. The molecular weight excluding hydrogens is 437 g/mol. The number of anilines is 1. The van der Waals surface area contributed by atoms with Crippen LogP contribution < -0.4 is 10.1 Å². The van der Waals surface area contributed by atoms with Crippen LogP contribution in [0.5, 0.6) is 5.75 Å². The van der Waals surface area contributed by atoms with Gasteiger partial charge in [-0.05, 0) is 42.0 Å². The average Bonchev–Trinajstić information content (AvgIpc) is 3.13. The average molecular weight is 452 g/mol. The number of hydrogen-bond donors (Lipinski definition) is 1. The second-order valence-corrected chi connectivity index (χ2v) is 8.52. The number of ether oxygens (including phenoxy) is 1. The summed E-state index contributed by atoms with van der Waals surface area (Å²) in [6.07, 6.45) is 1.66. The predicted octanol–water partition coefficient (Wildman–Crippen LogP) is 5.95. The molecular formula is C19H15Cl2N3O2S2. The first-order valence-electron chi connectivity index (χ1n) is 8.10. The van der Waals surface area contributed by atoms with E-state index in [0.717, 1.165) is 9.90 Å². The maximum absolute atomic E-state index is 12.3. The second kappa shape index (κ2) is 9.93. The highest BCUT2D eigenvalue weighted by molar-refractivity contribution is 8.00. The third kappa shape index (κ3) is 5.72. The number of aromatic nitrogens is 2. The number of benzene rings is 2. The highest BCUT2D eigenvalue weighted by Gasteiger charge is 2.11. The van der Waals surface area contributed by atoms with E-state index in [1.165, 1.54) is 23.1 Å². The van der Waals surface area contributed by atoms with Gasteiger partial charge in [0.15, 0.2) is 4.34 Å². The van der Waals surface area contributed by atoms with Crippen LogP contribution in [0.15, 0.2) is 59.5 Å². The summed E-state index contributed by atoms with van der Waals surface area (Å²) in [7, 11) is 0. The molecule has 28 heavy (non-hydrogen) atoms. The van der Waals surface area contributed by atoms with E-state index < -0.39 is 0 Å². The topological polar surface area (TPSA) is 64.1 Å². The minimum Gasteiger partial charge on any atom is -0.490 e. The van der Waals surface area contributed by atoms with Crippen molar-refractivity contribution < 1.29 is 9.53 Å². The number of nitrogens with zero attached hydrogens (tertiary/aromatic N) is 2. The fourth-order valence-electron chi connectivity index (χ4n) is 2.12. The highest BCUT2D eigenvalue weighted by atomic mass is 35.5. The Morgan fingerprint density at radius 3 is 2.71 bits per heavy atom. The van der Waals surface area contributed by atoms with Gasteiger partial charge in [0.1, 0.15) is 12.4 Å². The van der Waals surface area contributed by atoms with Gasteiger partial charge in [-0.15, -0.1) is 10.2 Å². The molecule has 3 rings (SSSR count). The number of halogens is 2. The SMILES string of the molecule is C=CCOc1ccc(C(=O)Nc2nnc(SCc3ccc(Cl)cc3Cl)s2)cc1. The molecule has 0 fully saturated rings. The third-order valence-corrected chi connectivity index (χ3v) is 6.09. The largest absolute Gasteiger partial charge is 0.490 e. The maximum Gasteiger partial charge on any atom is 0.257 e. The van der Waals surface area contributed by atoms with Crippen molar-refractivity contribution in [2.75, 3.05) is 11.9 Å². The van der Waals surface area contributed by atoms with Crippen molar-refractivity contribution in [2.24, 2.45) is 0 Å². The zero-order valence-corrected chi connectivity index (χ0v) is 17.7. The Morgan fingerprint density at radius 2 is 2.00 bits per heavy atom. The lowest BCUT2D eigenvalue weighted by molar-refractivity contribution is 0.102. The molecule has 1 amide bonds. The van der Waals surface area contributed by atoms with E-state index in [1.54, 1.807) is 42.5 Å². The van der Waals surface area contributed by atoms with Gasteiger partial charge in [0.25, 0.3) is 5.91 Å². The van der Waals surface area contributed by atoms with E-state index in [0.29, 0.717) is 38.8 Å². The van der Waals surface area contributed by atoms with E-state index in [-0.39, 0.29) is 5.91 Å². The lowest BCUT2D eigenvalue weighted by Gasteiger charge is -2.04. The van der Waals surface area contributed by atoms with Crippen LogP contribution in [0.4, 0.5) is 5.13 Å². The molecule has 0 unspecified atom stereocenters. The summed E-state index contributed by atoms with van der Waals surface area (Å²) in [4.78, 5) is 12.3. The first-order valence-corrected chi connectivity index (χ1v) is 10.7. The van der Waals surface area contributed by atoms with Gasteiger partial charge in [-0.2, -0.15) is 0 Å². The van der Waals surface area contributed by atoms with Gasteiger partial charge < -0.3 is 4.74 Å². The smallest absolute Gasteiger partial charge is 0.257 e. The van der Waals surface area contributed by atoms with Gasteiger partial charge in [-0.25, -0.2) is 0 Å². The Hall–Kier alpha value is -2.06. The van der Waals surface area contributed by atoms with Crippen LogP contribution in [-0.4, -0.2) is 22.7 Å². The highest BCUT2D eigenvalue weighted by Crippen LogP contribution is 2.31. The zero-order chi connectivity index (χ0) is 19.9. The summed E-state index contributed by atoms with van der Waals surface area (Å²) in [6.45, 7) is 4.01. The van der Waals surface area contributed by atoms with Crippen LogP contribution in [0.25, 0.3) is 0 Å². The molecule has 144 valence electrons. The van der Waals surface area contributed by atoms with E-state index in [2.05, 4.69) is 22.1 Å². The fraction of sp³-hybridized carbons (Fsp3) is 0.105. The van der Waals surface area contributed by atoms with E-state index >= 15 is 0 Å². The molecule has 0 aliphatic heterocycles. The predicted molar refractivity (Wildman–Crippen MR) is 116 cm³/mol. The summed E-state index contributed by atoms with van der Waals surface area (Å²) >= 11 is 14.9. The summed E-state index contributed by atoms with van der Waals surface area (Å²) in [5.74, 6) is 1.04. The van der Waals surface area contributed by atoms with Crippen LogP contribution in [0, 0.1) is 0 Å². The summed E-state index contributed by atoms with van der Waals surface area (Å²) in [5, 5.41) is 12.5. The van der Waals surface area contributed by atoms with Gasteiger partial charge in [0, 0.05) is 21.4 Å². The fourth-order valence-corrected chi connectivity index (χ4v) is 4.43. The van der Waals surface area contributed by atoms with Crippen LogP contribution in [0.1, 0.15) is 15.9 Å². The van der Waals surface area contributed by atoms with Crippen LogP contribution in [0.3, 0.4) is 0 Å². The molecule has 1 heterocycles. The second-order valence-electron chi connectivity index (χ2n) is 5.48. The Bertz CT molecular complexity index is 978. The minimum absolute atomic E-state index is 0.260. The molecule has 9 heteroatoms. The first kappa shape index (κ1) is 20.7. The van der Waals surface area contributed by atoms with Crippen LogP contribution >= 0.6 is 46.3 Å². The van der Waals surface area contributed by atoms with Gasteiger partial charge >= 0.3 is 0 Å². The molecule has 1 N–H and O–H groups in total. The van der Waals surface area contributed by atoms with Crippen molar-refractivity contribution in [1.29, 1.82) is 0 Å². The zero-order valence-electron chi connectivity index (χ0n) is 14.5. The van der Waals surface area contributed by atoms with Crippen molar-refractivity contribution in [3.63, 3.8) is 0 Å². The quantitative estimate of drug-likeness (QED) is 0.260. The van der Waals surface area contributed by atoms with Crippen molar-refractivity contribution in [2.45, 2.75) is 10.1 Å². The number of rotatable bonds is 8. The Labute approximate surface area is 180 Å². The van der Waals surface area contributed by atoms with Gasteiger partial charge in [0.05, 0.1) is 0 Å². The molecule has 3 aromatic rings. The molecule has 0 bridgehead atoms. The number of amides is 1. The van der Waals surface area contributed by atoms with Crippen molar-refractivity contribution >= 4 is 57.3 Å². The number of nitrogens with one attached hydrogen (secondary N) is 1. The molecule has 0 radical (unpaired) electrons. The summed E-state index contributed by atoms with van der Waals surface area (Å²) in [5.41, 5.74) is 1.46. The summed E-state index contributed by atoms with van der Waals surface area (Å²) < 4.78 is 6.13. The molecule has 0 aliphatic rings. The monoisotopic (exact) mass is 451 g/mol. The number of hydrogen-bond acceptors (Lipinski definition) is 6. The number of carbonyl (C=O) groups excluding carboxylic acids is 1. The molecule has 0 saturated heterocycles. The van der Waals surface area contributed by atoms with E-state index in [4.69, 9.17) is 27.9 Å². The molecule has 0 aliphatic carbocycles. The van der Waals surface area contributed by atoms with Gasteiger partial charge in [-0.1, -0.05) is 65.0 Å². The van der Waals surface area contributed by atoms with Crippen molar-refractivity contribution in [3.8, 4) is 5.75 Å². The Balaban J connectivity index is 1.56. The van der Waals surface area contributed by atoms with Crippen LogP contribution in [-0.2, 0) is 5.75 Å². The third-order valence-electron chi connectivity index (χ3n) is 3.48. The standard InChI is InChI=1S/C19H15Cl2N3O2S2/c1-2-9-26-15-7-4-12(5-8-15)17(25)22-18-23-24-19(28-18)27-11-13-3-6-14(20)10-16(13)21/h2-8,10H,1,9,11H2,(H,22,23,25). The number of thioether (sulfide) groups is 1. The van der Waals surface area contributed by atoms with E-state index in [9.17, 15) is 4.79 Å². The maximum atomic E-state index is 12.3. The van der Waals surface area contributed by atoms with Crippen LogP contribution in [0.2, 0.25) is 10.0 Å². The lowest BCUT2D eigenvalue weighted by atomic mass is 10.2. The minimum atomic E-state index is -0.260. The van der Waals surface area contributed by atoms with E-state index in [1.807, 2.05) is 6.07 Å². The molecule has 5 nitrogen and oxygen atoms in total. The van der Waals surface area contributed by atoms with Crippen molar-refractivity contribution in [1.82, 2.24) is 10.2 Å². The first-order chi connectivity index (χ1) is 13.5. The molecule has 2 aromatic carbocycles. The normalized spacial score (nSPS) is 10.5. The molecule has 0 saturated carbocycles. The lowest BCUT2D eigenvalue weighted by Crippen LogP contribution is -2.11. The molecule has 0 spiro atoms. The van der Waals surface area contributed by atoms with Gasteiger partial charge in [0.2, 0.25) is 5.13 Å². The van der Waals surface area contributed by atoms with Crippen molar-refractivity contribution in [3.05, 3.63) is 76.3 Å².